The van der Waals surface area contributed by atoms with Crippen molar-refractivity contribution in [3.8, 4) is 0 Å². The van der Waals surface area contributed by atoms with Crippen LogP contribution in [0.5, 0.6) is 0 Å². The highest BCUT2D eigenvalue weighted by atomic mass is 16.2. The number of nitrogens with zero attached hydrogens (tertiary/aromatic N) is 2. The summed E-state index contributed by atoms with van der Waals surface area (Å²) in [7, 11) is 0. The topological polar surface area (TPSA) is 23.6 Å². The van der Waals surface area contributed by atoms with E-state index in [-0.39, 0.29) is 6.03 Å². The number of carbonyl (C=O) groups is 1. The first-order valence-electron chi connectivity index (χ1n) is 6.52. The Labute approximate surface area is 98.8 Å². The molecule has 0 bridgehead atoms. The van der Waals surface area contributed by atoms with Gasteiger partial charge in [0.1, 0.15) is 0 Å². The van der Waals surface area contributed by atoms with Gasteiger partial charge in [-0.05, 0) is 30.6 Å². The second-order valence-corrected chi connectivity index (χ2v) is 6.29. The third-order valence-electron chi connectivity index (χ3n) is 4.00. The maximum atomic E-state index is 12.2. The molecular formula is C13H24N2O. The number of likely N-dealkylation sites (tertiary alicyclic amines) is 2. The van der Waals surface area contributed by atoms with Crippen LogP contribution in [0, 0.1) is 11.3 Å². The molecule has 2 aliphatic rings. The van der Waals surface area contributed by atoms with E-state index in [0.29, 0.717) is 5.41 Å². The Morgan fingerprint density at radius 2 is 1.75 bits per heavy atom. The molecule has 0 unspecified atom stereocenters. The Balaban J connectivity index is 1.89. The van der Waals surface area contributed by atoms with Crippen molar-refractivity contribution < 1.29 is 4.79 Å². The third-order valence-corrected chi connectivity index (χ3v) is 4.00. The van der Waals surface area contributed by atoms with Crippen LogP contribution in [-0.4, -0.2) is 42.0 Å². The van der Waals surface area contributed by atoms with Gasteiger partial charge in [-0.1, -0.05) is 20.8 Å². The molecule has 0 saturated carbocycles. The predicted octanol–water partition coefficient (Wildman–Crippen LogP) is 2.57. The molecule has 2 amide bonds. The first kappa shape index (κ1) is 11.7. The molecule has 92 valence electrons. The van der Waals surface area contributed by atoms with Crippen molar-refractivity contribution in [1.29, 1.82) is 0 Å². The van der Waals surface area contributed by atoms with Crippen LogP contribution >= 0.6 is 0 Å². The standard InChI is InChI=1S/C13H24N2O/c1-11-4-7-14(8-5-11)12(16)15-9-6-13(2,3)10-15/h11H,4-10H2,1-3H3. The van der Waals surface area contributed by atoms with Crippen LogP contribution in [0.4, 0.5) is 4.79 Å². The minimum absolute atomic E-state index is 0.275. The SMILES string of the molecule is CC1CCN(C(=O)N2CCC(C)(C)C2)CC1. The summed E-state index contributed by atoms with van der Waals surface area (Å²) in [6.45, 7) is 10.6. The fraction of sp³-hybridized carbons (Fsp3) is 0.923. The molecule has 0 N–H and O–H groups in total. The number of urea groups is 1. The van der Waals surface area contributed by atoms with E-state index in [4.69, 9.17) is 0 Å². The van der Waals surface area contributed by atoms with Gasteiger partial charge >= 0.3 is 6.03 Å². The van der Waals surface area contributed by atoms with Crippen molar-refractivity contribution in [2.45, 2.75) is 40.0 Å². The van der Waals surface area contributed by atoms with Gasteiger partial charge in [0.15, 0.2) is 0 Å². The van der Waals surface area contributed by atoms with Crippen molar-refractivity contribution in [2.24, 2.45) is 11.3 Å². The fourth-order valence-electron chi connectivity index (χ4n) is 2.68. The lowest BCUT2D eigenvalue weighted by Gasteiger charge is -2.33. The van der Waals surface area contributed by atoms with E-state index in [9.17, 15) is 4.79 Å². The first-order chi connectivity index (χ1) is 7.48. The lowest BCUT2D eigenvalue weighted by atomic mass is 9.93. The van der Waals surface area contributed by atoms with E-state index in [1.807, 2.05) is 9.80 Å². The van der Waals surface area contributed by atoms with Crippen LogP contribution in [0.2, 0.25) is 0 Å². The summed E-state index contributed by atoms with van der Waals surface area (Å²) >= 11 is 0. The summed E-state index contributed by atoms with van der Waals surface area (Å²) in [6.07, 6.45) is 3.48. The van der Waals surface area contributed by atoms with Gasteiger partial charge in [0.05, 0.1) is 0 Å². The Morgan fingerprint density at radius 3 is 2.25 bits per heavy atom. The van der Waals surface area contributed by atoms with E-state index in [1.165, 1.54) is 12.8 Å². The Morgan fingerprint density at radius 1 is 1.12 bits per heavy atom. The van der Waals surface area contributed by atoms with Crippen molar-refractivity contribution in [3.63, 3.8) is 0 Å². The maximum Gasteiger partial charge on any atom is 0.320 e. The number of hydrogen-bond acceptors (Lipinski definition) is 1. The normalized spacial score (nSPS) is 26.2. The first-order valence-corrected chi connectivity index (χ1v) is 6.52. The van der Waals surface area contributed by atoms with E-state index in [1.54, 1.807) is 0 Å². The highest BCUT2D eigenvalue weighted by Gasteiger charge is 2.34. The quantitative estimate of drug-likeness (QED) is 0.620. The van der Waals surface area contributed by atoms with Crippen LogP contribution in [0.1, 0.15) is 40.0 Å². The summed E-state index contributed by atoms with van der Waals surface area (Å²) < 4.78 is 0. The van der Waals surface area contributed by atoms with Gasteiger partial charge < -0.3 is 9.80 Å². The molecular weight excluding hydrogens is 200 g/mol. The molecule has 3 nitrogen and oxygen atoms in total. The molecule has 2 fully saturated rings. The molecule has 0 aromatic carbocycles. The average molecular weight is 224 g/mol. The van der Waals surface area contributed by atoms with Crippen LogP contribution < -0.4 is 0 Å². The number of hydrogen-bond donors (Lipinski definition) is 0. The van der Waals surface area contributed by atoms with E-state index >= 15 is 0 Å². The number of rotatable bonds is 0. The van der Waals surface area contributed by atoms with E-state index in [2.05, 4.69) is 20.8 Å². The van der Waals surface area contributed by atoms with E-state index in [0.717, 1.165) is 38.5 Å². The summed E-state index contributed by atoms with van der Waals surface area (Å²) in [6, 6.07) is 0.275. The lowest BCUT2D eigenvalue weighted by molar-refractivity contribution is 0.139. The second kappa shape index (κ2) is 4.27. The second-order valence-electron chi connectivity index (χ2n) is 6.29. The molecule has 2 saturated heterocycles. The van der Waals surface area contributed by atoms with E-state index < -0.39 is 0 Å². The van der Waals surface area contributed by atoms with Gasteiger partial charge in [0.25, 0.3) is 0 Å². The Hall–Kier alpha value is -0.730. The summed E-state index contributed by atoms with van der Waals surface area (Å²) in [4.78, 5) is 16.3. The largest absolute Gasteiger partial charge is 0.325 e. The lowest BCUT2D eigenvalue weighted by Crippen LogP contribution is -2.46. The van der Waals surface area contributed by atoms with Crippen molar-refractivity contribution in [3.05, 3.63) is 0 Å². The van der Waals surface area contributed by atoms with Crippen molar-refractivity contribution in [2.75, 3.05) is 26.2 Å². The van der Waals surface area contributed by atoms with Gasteiger partial charge in [-0.25, -0.2) is 4.79 Å². The monoisotopic (exact) mass is 224 g/mol. The molecule has 0 atom stereocenters. The molecule has 2 aliphatic heterocycles. The Bertz CT molecular complexity index is 267. The minimum Gasteiger partial charge on any atom is -0.325 e. The molecule has 2 rings (SSSR count). The average Bonchev–Trinajstić information content (AvgIpc) is 2.59. The van der Waals surface area contributed by atoms with Gasteiger partial charge in [0.2, 0.25) is 0 Å². The van der Waals surface area contributed by atoms with Gasteiger partial charge in [-0.15, -0.1) is 0 Å². The van der Waals surface area contributed by atoms with Gasteiger partial charge in [0, 0.05) is 26.2 Å². The van der Waals surface area contributed by atoms with Crippen LogP contribution in [0.25, 0.3) is 0 Å². The van der Waals surface area contributed by atoms with Crippen molar-refractivity contribution >= 4 is 6.03 Å². The zero-order valence-electron chi connectivity index (χ0n) is 10.8. The van der Waals surface area contributed by atoms with Crippen LogP contribution in [0.3, 0.4) is 0 Å². The Kier molecular flexibility index (Phi) is 3.13. The zero-order chi connectivity index (χ0) is 11.8. The summed E-state index contributed by atoms with van der Waals surface area (Å²) in [5.74, 6) is 0.791. The number of amides is 2. The zero-order valence-corrected chi connectivity index (χ0v) is 10.8. The molecule has 16 heavy (non-hydrogen) atoms. The minimum atomic E-state index is 0.275. The molecule has 0 spiro atoms. The molecule has 2 heterocycles. The van der Waals surface area contributed by atoms with Crippen LogP contribution in [-0.2, 0) is 0 Å². The number of piperidine rings is 1. The third kappa shape index (κ3) is 2.50. The maximum absolute atomic E-state index is 12.2. The smallest absolute Gasteiger partial charge is 0.320 e. The highest BCUT2D eigenvalue weighted by Crippen LogP contribution is 2.30. The molecule has 0 aromatic heterocycles. The van der Waals surface area contributed by atoms with Crippen LogP contribution in [0.15, 0.2) is 0 Å². The predicted molar refractivity (Wildman–Crippen MR) is 65.3 cm³/mol. The van der Waals surface area contributed by atoms with Gasteiger partial charge in [-0.3, -0.25) is 0 Å². The number of carbonyl (C=O) groups excluding carboxylic acids is 1. The molecule has 0 radical (unpaired) electrons. The summed E-state index contributed by atoms with van der Waals surface area (Å²) in [5, 5.41) is 0. The molecule has 3 heteroatoms. The molecule has 0 aliphatic carbocycles. The fourth-order valence-corrected chi connectivity index (χ4v) is 2.68. The summed E-state index contributed by atoms with van der Waals surface area (Å²) in [5.41, 5.74) is 0.318. The van der Waals surface area contributed by atoms with Gasteiger partial charge in [-0.2, -0.15) is 0 Å². The van der Waals surface area contributed by atoms with Crippen molar-refractivity contribution in [1.82, 2.24) is 9.80 Å². The highest BCUT2D eigenvalue weighted by molar-refractivity contribution is 5.75. The molecule has 0 aromatic rings.